The van der Waals surface area contributed by atoms with E-state index >= 15 is 0 Å². The van der Waals surface area contributed by atoms with Gasteiger partial charge in [-0.3, -0.25) is 4.79 Å². The molecule has 0 fully saturated rings. The first-order valence-electron chi connectivity index (χ1n) is 6.60. The van der Waals surface area contributed by atoms with Crippen molar-refractivity contribution in [1.82, 2.24) is 9.88 Å². The standard InChI is InChI=1S/C15H18N2O2S2/c1-11-9-20-15(16-11)21-10-12-3-5-13(6-4-12)14(19)17(2)7-8-18/h3-6,9,18H,7-8,10H2,1-2H3. The molecule has 0 saturated heterocycles. The summed E-state index contributed by atoms with van der Waals surface area (Å²) in [6, 6.07) is 7.60. The van der Waals surface area contributed by atoms with E-state index in [9.17, 15) is 4.79 Å². The van der Waals surface area contributed by atoms with E-state index in [0.29, 0.717) is 12.1 Å². The van der Waals surface area contributed by atoms with Gasteiger partial charge in [0, 0.05) is 36.0 Å². The first kappa shape index (κ1) is 16.0. The highest BCUT2D eigenvalue weighted by molar-refractivity contribution is 8.00. The molecule has 0 saturated carbocycles. The summed E-state index contributed by atoms with van der Waals surface area (Å²) in [5, 5.41) is 10.9. The van der Waals surface area contributed by atoms with Crippen LogP contribution in [0, 0.1) is 6.92 Å². The summed E-state index contributed by atoms with van der Waals surface area (Å²) < 4.78 is 1.07. The minimum absolute atomic E-state index is 0.0236. The molecule has 112 valence electrons. The number of carbonyl (C=O) groups excluding carboxylic acids is 1. The highest BCUT2D eigenvalue weighted by atomic mass is 32.2. The quantitative estimate of drug-likeness (QED) is 0.831. The van der Waals surface area contributed by atoms with Gasteiger partial charge in [0.1, 0.15) is 4.34 Å². The van der Waals surface area contributed by atoms with Crippen molar-refractivity contribution in [1.29, 1.82) is 0 Å². The van der Waals surface area contributed by atoms with Crippen molar-refractivity contribution in [3.63, 3.8) is 0 Å². The Hall–Kier alpha value is -1.37. The summed E-state index contributed by atoms with van der Waals surface area (Å²) in [6.45, 7) is 2.31. The second kappa shape index (κ2) is 7.59. The number of aliphatic hydroxyl groups excluding tert-OH is 1. The number of likely N-dealkylation sites (N-methyl/N-ethyl adjacent to an activating group) is 1. The van der Waals surface area contributed by atoms with Gasteiger partial charge in [0.25, 0.3) is 5.91 Å². The average molecular weight is 322 g/mol. The second-order valence-electron chi connectivity index (χ2n) is 4.69. The molecule has 21 heavy (non-hydrogen) atoms. The summed E-state index contributed by atoms with van der Waals surface area (Å²) in [5.41, 5.74) is 2.86. The van der Waals surface area contributed by atoms with Crippen LogP contribution >= 0.6 is 23.1 Å². The lowest BCUT2D eigenvalue weighted by Crippen LogP contribution is -2.29. The number of aryl methyl sites for hydroxylation is 1. The predicted molar refractivity (Wildman–Crippen MR) is 86.9 cm³/mol. The molecule has 1 aromatic carbocycles. The number of hydrogen-bond acceptors (Lipinski definition) is 5. The molecule has 0 aliphatic carbocycles. The van der Waals surface area contributed by atoms with E-state index in [1.165, 1.54) is 4.90 Å². The Kier molecular flexibility index (Phi) is 5.78. The fraction of sp³-hybridized carbons (Fsp3) is 0.333. The van der Waals surface area contributed by atoms with Crippen molar-refractivity contribution >= 4 is 29.0 Å². The minimum Gasteiger partial charge on any atom is -0.395 e. The Morgan fingerprint density at radius 2 is 2.10 bits per heavy atom. The van der Waals surface area contributed by atoms with Crippen LogP contribution in [-0.2, 0) is 5.75 Å². The van der Waals surface area contributed by atoms with Gasteiger partial charge in [0.15, 0.2) is 0 Å². The predicted octanol–water partition coefficient (Wildman–Crippen LogP) is 2.81. The molecule has 2 rings (SSSR count). The Balaban J connectivity index is 1.94. The fourth-order valence-corrected chi connectivity index (χ4v) is 3.56. The number of benzene rings is 1. The summed E-state index contributed by atoms with van der Waals surface area (Å²) >= 11 is 3.36. The monoisotopic (exact) mass is 322 g/mol. The molecule has 1 N–H and O–H groups in total. The number of thioether (sulfide) groups is 1. The van der Waals surface area contributed by atoms with Crippen LogP contribution in [0.5, 0.6) is 0 Å². The van der Waals surface area contributed by atoms with E-state index in [1.54, 1.807) is 30.1 Å². The fourth-order valence-electron chi connectivity index (χ4n) is 1.76. The van der Waals surface area contributed by atoms with Gasteiger partial charge in [-0.1, -0.05) is 23.9 Å². The molecule has 1 amide bonds. The molecule has 0 bridgehead atoms. The summed E-state index contributed by atoms with van der Waals surface area (Å²) in [5.74, 6) is 0.771. The van der Waals surface area contributed by atoms with Crippen molar-refractivity contribution < 1.29 is 9.90 Å². The van der Waals surface area contributed by atoms with Gasteiger partial charge in [0.05, 0.1) is 6.61 Å². The first-order valence-corrected chi connectivity index (χ1v) is 8.47. The Labute approximate surface area is 132 Å². The Morgan fingerprint density at radius 3 is 2.67 bits per heavy atom. The lowest BCUT2D eigenvalue weighted by molar-refractivity contribution is 0.0767. The highest BCUT2D eigenvalue weighted by Crippen LogP contribution is 2.26. The van der Waals surface area contributed by atoms with Crippen LogP contribution in [0.25, 0.3) is 0 Å². The first-order chi connectivity index (χ1) is 10.1. The third-order valence-corrected chi connectivity index (χ3v) is 5.15. The average Bonchev–Trinajstić information content (AvgIpc) is 2.91. The molecule has 6 heteroatoms. The van der Waals surface area contributed by atoms with Gasteiger partial charge in [-0.15, -0.1) is 11.3 Å². The topological polar surface area (TPSA) is 53.4 Å². The number of aromatic nitrogens is 1. The second-order valence-corrected chi connectivity index (χ2v) is 6.77. The maximum atomic E-state index is 12.0. The Bertz CT molecular complexity index is 596. The molecule has 0 aliphatic heterocycles. The van der Waals surface area contributed by atoms with Gasteiger partial charge in [-0.2, -0.15) is 0 Å². The normalized spacial score (nSPS) is 10.6. The maximum absolute atomic E-state index is 12.0. The van der Waals surface area contributed by atoms with E-state index in [1.807, 2.05) is 36.6 Å². The third kappa shape index (κ3) is 4.56. The number of carbonyl (C=O) groups is 1. The molecule has 2 aromatic rings. The van der Waals surface area contributed by atoms with Gasteiger partial charge in [0.2, 0.25) is 0 Å². The number of nitrogens with zero attached hydrogens (tertiary/aromatic N) is 2. The lowest BCUT2D eigenvalue weighted by Gasteiger charge is -2.15. The molecule has 0 radical (unpaired) electrons. The van der Waals surface area contributed by atoms with Crippen molar-refractivity contribution in [2.24, 2.45) is 0 Å². The zero-order chi connectivity index (χ0) is 15.2. The zero-order valence-corrected chi connectivity index (χ0v) is 13.7. The van der Waals surface area contributed by atoms with Crippen molar-refractivity contribution in [2.75, 3.05) is 20.2 Å². The third-order valence-electron chi connectivity index (χ3n) is 2.94. The van der Waals surface area contributed by atoms with Crippen LogP contribution < -0.4 is 0 Å². The van der Waals surface area contributed by atoms with Crippen LogP contribution in [0.1, 0.15) is 21.6 Å². The van der Waals surface area contributed by atoms with E-state index in [2.05, 4.69) is 4.98 Å². The van der Waals surface area contributed by atoms with Crippen LogP contribution in [0.2, 0.25) is 0 Å². The van der Waals surface area contributed by atoms with Gasteiger partial charge < -0.3 is 10.0 Å². The smallest absolute Gasteiger partial charge is 0.253 e. The molecule has 1 heterocycles. The molecule has 0 atom stereocenters. The summed E-state index contributed by atoms with van der Waals surface area (Å²) in [6.07, 6.45) is 0. The molecular weight excluding hydrogens is 304 g/mol. The SMILES string of the molecule is Cc1csc(SCc2ccc(C(=O)N(C)CCO)cc2)n1. The highest BCUT2D eigenvalue weighted by Gasteiger charge is 2.10. The maximum Gasteiger partial charge on any atom is 0.253 e. The largest absolute Gasteiger partial charge is 0.395 e. The molecule has 0 spiro atoms. The van der Waals surface area contributed by atoms with Gasteiger partial charge in [-0.05, 0) is 24.6 Å². The molecule has 1 aromatic heterocycles. The summed E-state index contributed by atoms with van der Waals surface area (Å²) in [7, 11) is 1.69. The number of hydrogen-bond donors (Lipinski definition) is 1. The minimum atomic E-state index is -0.0706. The van der Waals surface area contributed by atoms with Crippen LogP contribution in [0.3, 0.4) is 0 Å². The number of amides is 1. The van der Waals surface area contributed by atoms with E-state index < -0.39 is 0 Å². The zero-order valence-electron chi connectivity index (χ0n) is 12.1. The number of thiazole rings is 1. The lowest BCUT2D eigenvalue weighted by atomic mass is 10.1. The molecule has 0 aliphatic rings. The summed E-state index contributed by atoms with van der Waals surface area (Å²) in [4.78, 5) is 18.0. The Morgan fingerprint density at radius 1 is 1.38 bits per heavy atom. The number of aliphatic hydroxyl groups is 1. The molecule has 4 nitrogen and oxygen atoms in total. The molecular formula is C15H18N2O2S2. The van der Waals surface area contributed by atoms with E-state index in [4.69, 9.17) is 5.11 Å². The van der Waals surface area contributed by atoms with Gasteiger partial charge in [-0.25, -0.2) is 4.98 Å². The van der Waals surface area contributed by atoms with Crippen LogP contribution in [0.15, 0.2) is 34.0 Å². The van der Waals surface area contributed by atoms with E-state index in [-0.39, 0.29) is 12.5 Å². The van der Waals surface area contributed by atoms with Crippen molar-refractivity contribution in [3.8, 4) is 0 Å². The van der Waals surface area contributed by atoms with Crippen LogP contribution in [-0.4, -0.2) is 41.1 Å². The van der Waals surface area contributed by atoms with Crippen LogP contribution in [0.4, 0.5) is 0 Å². The van der Waals surface area contributed by atoms with E-state index in [0.717, 1.165) is 21.3 Å². The van der Waals surface area contributed by atoms with Gasteiger partial charge >= 0.3 is 0 Å². The van der Waals surface area contributed by atoms with Crippen molar-refractivity contribution in [2.45, 2.75) is 17.0 Å². The molecule has 0 unspecified atom stereocenters. The number of rotatable bonds is 6. The van der Waals surface area contributed by atoms with Crippen molar-refractivity contribution in [3.05, 3.63) is 46.5 Å².